The highest BCUT2D eigenvalue weighted by atomic mass is 16.5. The summed E-state index contributed by atoms with van der Waals surface area (Å²) in [6, 6.07) is 15.6. The number of allylic oxidation sites excluding steroid dienone is 12. The molecule has 1 aromatic carbocycles. The zero-order valence-electron chi connectivity index (χ0n) is 40.4. The molecule has 0 saturated heterocycles. The average Bonchev–Trinajstić information content (AvgIpc) is 4.20. The van der Waals surface area contributed by atoms with E-state index in [2.05, 4.69) is 108 Å². The number of ether oxygens (including phenoxy) is 1. The first-order valence-corrected chi connectivity index (χ1v) is 27.4. The summed E-state index contributed by atoms with van der Waals surface area (Å²) in [4.78, 5) is 33.5. The molecule has 6 nitrogen and oxygen atoms in total. The van der Waals surface area contributed by atoms with E-state index < -0.39 is 0 Å². The molecular formula is C63H66N4O2. The molecule has 16 bridgehead atoms. The zero-order valence-corrected chi connectivity index (χ0v) is 40.4. The molecule has 14 aliphatic rings. The van der Waals surface area contributed by atoms with Crippen molar-refractivity contribution in [3.05, 3.63) is 153 Å². The maximum Gasteiger partial charge on any atom is 0.305 e. The first-order chi connectivity index (χ1) is 34.1. The molecule has 4 aromatic rings. The van der Waals surface area contributed by atoms with E-state index in [1.54, 1.807) is 11.1 Å². The summed E-state index contributed by atoms with van der Waals surface area (Å²) in [6.45, 7) is 2.80. The first-order valence-electron chi connectivity index (χ1n) is 27.4. The van der Waals surface area contributed by atoms with Gasteiger partial charge in [0.05, 0.1) is 29.4 Å². The quantitative estimate of drug-likeness (QED) is 0.0795. The van der Waals surface area contributed by atoms with E-state index in [4.69, 9.17) is 14.7 Å². The number of fused-ring (bicyclic) bond motifs is 12. The van der Waals surface area contributed by atoms with Gasteiger partial charge in [-0.2, -0.15) is 0 Å². The number of aromatic nitrogens is 4. The van der Waals surface area contributed by atoms with Crippen LogP contribution in [0.15, 0.2) is 91.1 Å². The maximum absolute atomic E-state index is 13.0. The number of nitrogens with zero attached hydrogens (tertiary/aromatic N) is 2. The Labute approximate surface area is 407 Å². The summed E-state index contributed by atoms with van der Waals surface area (Å²) < 4.78 is 5.92. The van der Waals surface area contributed by atoms with Gasteiger partial charge in [0.2, 0.25) is 0 Å². The molecule has 2 N–H and O–H groups in total. The van der Waals surface area contributed by atoms with Gasteiger partial charge in [-0.25, -0.2) is 9.97 Å². The highest BCUT2D eigenvalue weighted by molar-refractivity contribution is 6.02. The molecule has 0 fully saturated rings. The number of carbonyl (C=O) groups is 1. The van der Waals surface area contributed by atoms with Gasteiger partial charge in [-0.15, -0.1) is 0 Å². The fraction of sp³-hybridized carbons (Fsp3) is 0.444. The Morgan fingerprint density at radius 2 is 0.986 bits per heavy atom. The van der Waals surface area contributed by atoms with Gasteiger partial charge in [0.1, 0.15) is 0 Å². The Morgan fingerprint density at radius 1 is 0.522 bits per heavy atom. The van der Waals surface area contributed by atoms with Crippen molar-refractivity contribution in [2.45, 2.75) is 146 Å². The summed E-state index contributed by atoms with van der Waals surface area (Å²) in [5.74, 6) is 3.09. The Hall–Kier alpha value is -5.75. The van der Waals surface area contributed by atoms with Crippen molar-refractivity contribution in [3.63, 3.8) is 0 Å². The van der Waals surface area contributed by atoms with Crippen LogP contribution in [0, 0.1) is 23.7 Å². The van der Waals surface area contributed by atoms with Crippen molar-refractivity contribution in [2.24, 2.45) is 23.7 Å². The number of unbranched alkanes of at least 4 members (excludes halogenated alkanes) is 3. The second-order valence-corrected chi connectivity index (χ2v) is 22.2. The van der Waals surface area contributed by atoms with Crippen LogP contribution >= 0.6 is 0 Å². The maximum atomic E-state index is 13.0. The third-order valence-electron chi connectivity index (χ3n) is 18.3. The third-order valence-corrected chi connectivity index (χ3v) is 18.3. The predicted octanol–water partition coefficient (Wildman–Crippen LogP) is 15.0. The standard InChI is InChI=1S/C63H66N4O2/c1-2-3-14-45-60-56-41-25-17-37(18-26-41)52(56)47(64-60)34-49-54-39-21-29-43(30-22-39)58(54)62(66-49)46(15-9-10-33-69-51(68)16-8-7-13-36-11-5-4-6-12-36)63-59-44-31-23-40(24-32-44)55(59)50(67-63)35-48-53-38-19-27-42(28-20-38)57(53)61(45)65-48/h4-6,11-12,17,19,21,23,25,27,29,31,34-35,37-44,64-65H,2-3,7-10,13-16,18,20,22,24,26,28,30,32-33H2,1H3. The third kappa shape index (κ3) is 6.88. The van der Waals surface area contributed by atoms with Crippen LogP contribution in [0.5, 0.6) is 0 Å². The van der Waals surface area contributed by atoms with Crippen LogP contribution in [0.4, 0.5) is 0 Å². The van der Waals surface area contributed by atoms with Crippen molar-refractivity contribution >= 4 is 50.3 Å². The number of aryl methyl sites for hydroxylation is 2. The monoisotopic (exact) mass is 911 g/mol. The van der Waals surface area contributed by atoms with E-state index in [0.29, 0.717) is 60.4 Å². The molecule has 0 spiro atoms. The van der Waals surface area contributed by atoms with E-state index in [1.165, 1.54) is 135 Å². The Balaban J connectivity index is 0.951. The molecule has 69 heavy (non-hydrogen) atoms. The van der Waals surface area contributed by atoms with Gasteiger partial charge >= 0.3 is 5.97 Å². The lowest BCUT2D eigenvalue weighted by Crippen LogP contribution is -2.20. The van der Waals surface area contributed by atoms with Crippen LogP contribution in [0.2, 0.25) is 0 Å². The van der Waals surface area contributed by atoms with Crippen molar-refractivity contribution in [1.82, 2.24) is 19.9 Å². The summed E-state index contributed by atoms with van der Waals surface area (Å²) in [7, 11) is 0. The number of carbonyl (C=O) groups excluding carboxylic acids is 1. The number of esters is 1. The molecule has 5 heterocycles. The predicted molar refractivity (Wildman–Crippen MR) is 280 cm³/mol. The van der Waals surface area contributed by atoms with E-state index in [9.17, 15) is 4.79 Å². The minimum Gasteiger partial charge on any atom is -0.466 e. The number of hydrogen-bond donors (Lipinski definition) is 2. The second kappa shape index (κ2) is 17.0. The normalized spacial score (nSPS) is 26.8. The molecular weight excluding hydrogens is 845 g/mol. The molecule has 3 aromatic heterocycles. The van der Waals surface area contributed by atoms with Gasteiger partial charge in [-0.05, 0) is 171 Å². The largest absolute Gasteiger partial charge is 0.466 e. The number of rotatable bonds is 13. The molecule has 8 unspecified atom stereocenters. The number of H-pyrrole nitrogens is 2. The highest BCUT2D eigenvalue weighted by Crippen LogP contribution is 2.58. The summed E-state index contributed by atoms with van der Waals surface area (Å²) in [5, 5.41) is 0. The van der Waals surface area contributed by atoms with Gasteiger partial charge in [0, 0.05) is 81.4 Å². The molecule has 0 radical (unpaired) electrons. The zero-order chi connectivity index (χ0) is 45.7. The van der Waals surface area contributed by atoms with Gasteiger partial charge in [-0.3, -0.25) is 4.79 Å². The van der Waals surface area contributed by atoms with Crippen LogP contribution in [-0.2, 0) is 28.8 Å². The van der Waals surface area contributed by atoms with Crippen LogP contribution in [0.3, 0.4) is 0 Å². The van der Waals surface area contributed by atoms with Gasteiger partial charge < -0.3 is 14.7 Å². The minimum absolute atomic E-state index is 0.0724. The Kier molecular flexibility index (Phi) is 10.4. The van der Waals surface area contributed by atoms with Crippen LogP contribution in [0.1, 0.15) is 189 Å². The van der Waals surface area contributed by atoms with Gasteiger partial charge in [0.25, 0.3) is 0 Å². The van der Waals surface area contributed by atoms with Crippen molar-refractivity contribution in [3.8, 4) is 0 Å². The molecule has 350 valence electrons. The summed E-state index contributed by atoms with van der Waals surface area (Å²) in [6.07, 6.45) is 39.0. The van der Waals surface area contributed by atoms with E-state index in [0.717, 1.165) is 69.2 Å². The SMILES string of the molecule is CCCCc1c2[nH]c(cc3nc(c(CCCCOC(=O)CCCCc4ccccc4)c4nc(cc5[nH]c1c1c5C5C=CC1CC5)C1=C4C4C=CC1CC4)C1=C3C3C=CC1CC3)c1c2C2C=CC1CC2. The number of aromatic amines is 2. The number of nitrogens with one attached hydrogen (secondary N) is 2. The fourth-order valence-electron chi connectivity index (χ4n) is 15.1. The van der Waals surface area contributed by atoms with Crippen LogP contribution in [0.25, 0.3) is 44.4 Å². The average molecular weight is 911 g/mol. The molecule has 8 atom stereocenters. The Morgan fingerprint density at radius 3 is 1.49 bits per heavy atom. The fourth-order valence-corrected chi connectivity index (χ4v) is 15.1. The summed E-state index contributed by atoms with van der Waals surface area (Å²) in [5.41, 5.74) is 26.2. The lowest BCUT2D eigenvalue weighted by molar-refractivity contribution is -0.143. The number of hydrogen-bond acceptors (Lipinski definition) is 4. The van der Waals surface area contributed by atoms with Crippen molar-refractivity contribution in [1.29, 1.82) is 0 Å². The summed E-state index contributed by atoms with van der Waals surface area (Å²) >= 11 is 0. The van der Waals surface area contributed by atoms with Crippen molar-refractivity contribution in [2.75, 3.05) is 6.61 Å². The van der Waals surface area contributed by atoms with Crippen LogP contribution < -0.4 is 0 Å². The molecule has 12 aliphatic carbocycles. The number of benzene rings is 1. The van der Waals surface area contributed by atoms with Crippen LogP contribution in [-0.4, -0.2) is 32.5 Å². The molecule has 0 saturated carbocycles. The molecule has 2 aliphatic heterocycles. The highest BCUT2D eigenvalue weighted by Gasteiger charge is 2.43. The first kappa shape index (κ1) is 42.2. The lowest BCUT2D eigenvalue weighted by Gasteiger charge is -2.34. The van der Waals surface area contributed by atoms with Crippen molar-refractivity contribution < 1.29 is 9.53 Å². The molecule has 18 rings (SSSR count). The van der Waals surface area contributed by atoms with Gasteiger partial charge in [0.15, 0.2) is 0 Å². The lowest BCUT2D eigenvalue weighted by atomic mass is 9.68. The second-order valence-electron chi connectivity index (χ2n) is 22.2. The van der Waals surface area contributed by atoms with E-state index >= 15 is 0 Å². The smallest absolute Gasteiger partial charge is 0.305 e. The topological polar surface area (TPSA) is 83.7 Å². The van der Waals surface area contributed by atoms with E-state index in [-0.39, 0.29) is 5.97 Å². The molecule has 0 amide bonds. The molecule has 6 heteroatoms. The Bertz CT molecular complexity index is 3000. The van der Waals surface area contributed by atoms with Gasteiger partial charge in [-0.1, -0.05) is 92.3 Å². The van der Waals surface area contributed by atoms with E-state index in [1.807, 2.05) is 0 Å². The minimum atomic E-state index is -0.0724.